The van der Waals surface area contributed by atoms with Gasteiger partial charge in [0, 0.05) is 25.0 Å². The predicted octanol–water partition coefficient (Wildman–Crippen LogP) is 3.84. The summed E-state index contributed by atoms with van der Waals surface area (Å²) < 4.78 is 26.5. The zero-order valence-electron chi connectivity index (χ0n) is 16.6. The number of nitrogens with one attached hydrogen (secondary N) is 1. The number of carbonyl (C=O) groups excluding carboxylic acids is 1. The number of hydrogen-bond acceptors (Lipinski definition) is 3. The Balaban J connectivity index is 1.78. The van der Waals surface area contributed by atoms with Crippen LogP contribution in [-0.4, -0.2) is 44.0 Å². The normalized spacial score (nSPS) is 17.0. The minimum atomic E-state index is -3.22. The van der Waals surface area contributed by atoms with E-state index in [9.17, 15) is 13.2 Å². The summed E-state index contributed by atoms with van der Waals surface area (Å²) in [6.07, 6.45) is 1.92. The van der Waals surface area contributed by atoms with Crippen LogP contribution in [0.4, 0.5) is 0 Å². The summed E-state index contributed by atoms with van der Waals surface area (Å²) >= 11 is 6.16. The van der Waals surface area contributed by atoms with Crippen molar-refractivity contribution in [3.8, 4) is 0 Å². The van der Waals surface area contributed by atoms with Gasteiger partial charge in [0.05, 0.1) is 16.3 Å². The van der Waals surface area contributed by atoms with Gasteiger partial charge in [-0.1, -0.05) is 61.0 Å². The lowest BCUT2D eigenvalue weighted by Gasteiger charge is -2.42. The van der Waals surface area contributed by atoms with Gasteiger partial charge in [-0.3, -0.25) is 4.79 Å². The van der Waals surface area contributed by atoms with Gasteiger partial charge in [-0.2, -0.15) is 0 Å². The Kier molecular flexibility index (Phi) is 6.98. The molecule has 0 bridgehead atoms. The highest BCUT2D eigenvalue weighted by Crippen LogP contribution is 2.36. The molecule has 3 rings (SSSR count). The third-order valence-corrected chi connectivity index (χ3v) is 8.03. The number of nitrogens with zero attached hydrogens (tertiary/aromatic N) is 1. The van der Waals surface area contributed by atoms with Crippen LogP contribution >= 0.6 is 11.6 Å². The Labute approximate surface area is 178 Å². The quantitative estimate of drug-likeness (QED) is 0.719. The molecule has 1 N–H and O–H groups in total. The van der Waals surface area contributed by atoms with Crippen LogP contribution < -0.4 is 5.32 Å². The van der Waals surface area contributed by atoms with Gasteiger partial charge in [0.15, 0.2) is 0 Å². The molecule has 2 aromatic carbocycles. The smallest absolute Gasteiger partial charge is 0.252 e. The molecule has 1 fully saturated rings. The van der Waals surface area contributed by atoms with E-state index in [2.05, 4.69) is 17.4 Å². The van der Waals surface area contributed by atoms with Crippen molar-refractivity contribution in [3.63, 3.8) is 0 Å². The van der Waals surface area contributed by atoms with Gasteiger partial charge in [0.1, 0.15) is 0 Å². The van der Waals surface area contributed by atoms with Gasteiger partial charge in [0.2, 0.25) is 10.0 Å². The van der Waals surface area contributed by atoms with E-state index in [1.165, 1.54) is 0 Å². The maximum absolute atomic E-state index is 12.7. The number of halogens is 1. The van der Waals surface area contributed by atoms with Crippen LogP contribution in [0.1, 0.15) is 42.1 Å². The molecule has 0 atom stereocenters. The lowest BCUT2D eigenvalue weighted by molar-refractivity contribution is 0.0933. The molecule has 2 aromatic rings. The molecule has 1 heterocycles. The van der Waals surface area contributed by atoms with E-state index in [1.807, 2.05) is 25.1 Å². The molecular weight excluding hydrogens is 408 g/mol. The Morgan fingerprint density at radius 3 is 2.31 bits per heavy atom. The number of piperidine rings is 1. The topological polar surface area (TPSA) is 66.5 Å². The van der Waals surface area contributed by atoms with Crippen molar-refractivity contribution in [1.29, 1.82) is 0 Å². The SMILES string of the molecule is CCCS(=O)(=O)N1CCC(CNC(=O)c2ccccc2Cl)(c2ccccc2)CC1. The number of amides is 1. The number of rotatable bonds is 7. The monoisotopic (exact) mass is 434 g/mol. The Bertz CT molecular complexity index is 940. The van der Waals surface area contributed by atoms with Crippen molar-refractivity contribution in [2.75, 3.05) is 25.4 Å². The molecule has 156 valence electrons. The van der Waals surface area contributed by atoms with Crippen molar-refractivity contribution < 1.29 is 13.2 Å². The Morgan fingerprint density at radius 2 is 1.69 bits per heavy atom. The van der Waals surface area contributed by atoms with E-state index < -0.39 is 10.0 Å². The second kappa shape index (κ2) is 9.28. The minimum Gasteiger partial charge on any atom is -0.351 e. The van der Waals surface area contributed by atoms with E-state index in [0.717, 1.165) is 5.56 Å². The summed E-state index contributed by atoms with van der Waals surface area (Å²) in [5, 5.41) is 3.45. The van der Waals surface area contributed by atoms with Gasteiger partial charge < -0.3 is 5.32 Å². The van der Waals surface area contributed by atoms with Crippen LogP contribution in [0.2, 0.25) is 5.02 Å². The molecular formula is C22H27ClN2O3S. The highest BCUT2D eigenvalue weighted by molar-refractivity contribution is 7.89. The summed E-state index contributed by atoms with van der Waals surface area (Å²) in [5.41, 5.74) is 1.25. The van der Waals surface area contributed by atoms with Crippen molar-refractivity contribution >= 4 is 27.5 Å². The fourth-order valence-corrected chi connectivity index (χ4v) is 5.66. The van der Waals surface area contributed by atoms with Crippen molar-refractivity contribution in [2.45, 2.75) is 31.6 Å². The molecule has 7 heteroatoms. The first-order chi connectivity index (χ1) is 13.9. The molecule has 1 aliphatic heterocycles. The molecule has 0 spiro atoms. The molecule has 0 aliphatic carbocycles. The highest BCUT2D eigenvalue weighted by Gasteiger charge is 2.39. The molecule has 0 saturated carbocycles. The Morgan fingerprint density at radius 1 is 1.07 bits per heavy atom. The summed E-state index contributed by atoms with van der Waals surface area (Å²) in [6.45, 7) is 3.22. The standard InChI is InChI=1S/C22H27ClN2O3S/c1-2-16-29(27,28)25-14-12-22(13-15-25,18-8-4-3-5-9-18)17-24-21(26)19-10-6-7-11-20(19)23/h3-11H,2,12-17H2,1H3,(H,24,26). The van der Waals surface area contributed by atoms with Crippen LogP contribution in [0.25, 0.3) is 0 Å². The summed E-state index contributed by atoms with van der Waals surface area (Å²) in [7, 11) is -3.22. The maximum atomic E-state index is 12.7. The van der Waals surface area contributed by atoms with Gasteiger partial charge in [-0.25, -0.2) is 12.7 Å². The van der Waals surface area contributed by atoms with Crippen LogP contribution in [0.15, 0.2) is 54.6 Å². The highest BCUT2D eigenvalue weighted by atomic mass is 35.5. The lowest BCUT2D eigenvalue weighted by atomic mass is 9.73. The molecule has 0 radical (unpaired) electrons. The fourth-order valence-electron chi connectivity index (χ4n) is 3.93. The first-order valence-electron chi connectivity index (χ1n) is 9.94. The molecule has 1 saturated heterocycles. The molecule has 1 aliphatic rings. The molecule has 29 heavy (non-hydrogen) atoms. The average molecular weight is 435 g/mol. The van der Waals surface area contributed by atoms with Gasteiger partial charge in [0.25, 0.3) is 5.91 Å². The van der Waals surface area contributed by atoms with Crippen LogP contribution in [0.3, 0.4) is 0 Å². The third-order valence-electron chi connectivity index (χ3n) is 5.63. The summed E-state index contributed by atoms with van der Waals surface area (Å²) in [4.78, 5) is 12.7. The number of benzene rings is 2. The van der Waals surface area contributed by atoms with Crippen LogP contribution in [0, 0.1) is 0 Å². The Hall–Kier alpha value is -1.89. The fraction of sp³-hybridized carbons (Fsp3) is 0.409. The van der Waals surface area contributed by atoms with E-state index >= 15 is 0 Å². The van der Waals surface area contributed by atoms with Gasteiger partial charge >= 0.3 is 0 Å². The lowest BCUT2D eigenvalue weighted by Crippen LogP contribution is -2.50. The summed E-state index contributed by atoms with van der Waals surface area (Å²) in [6, 6.07) is 17.0. The second-order valence-electron chi connectivity index (χ2n) is 7.52. The van der Waals surface area contributed by atoms with Crippen LogP contribution in [-0.2, 0) is 15.4 Å². The van der Waals surface area contributed by atoms with Crippen LogP contribution in [0.5, 0.6) is 0 Å². The minimum absolute atomic E-state index is 0.175. The zero-order valence-corrected chi connectivity index (χ0v) is 18.2. The van der Waals surface area contributed by atoms with Crippen molar-refractivity contribution in [2.24, 2.45) is 0 Å². The average Bonchev–Trinajstić information content (AvgIpc) is 2.73. The maximum Gasteiger partial charge on any atom is 0.252 e. The largest absolute Gasteiger partial charge is 0.351 e. The number of hydrogen-bond donors (Lipinski definition) is 1. The molecule has 5 nitrogen and oxygen atoms in total. The molecule has 0 aromatic heterocycles. The zero-order chi connectivity index (χ0) is 20.9. The first-order valence-corrected chi connectivity index (χ1v) is 11.9. The second-order valence-corrected chi connectivity index (χ2v) is 10.0. The third kappa shape index (κ3) is 5.00. The van der Waals surface area contributed by atoms with E-state index in [1.54, 1.807) is 28.6 Å². The van der Waals surface area contributed by atoms with Crippen molar-refractivity contribution in [3.05, 3.63) is 70.7 Å². The molecule has 1 amide bonds. The number of carbonyl (C=O) groups is 1. The predicted molar refractivity (Wildman–Crippen MR) is 117 cm³/mol. The van der Waals surface area contributed by atoms with E-state index in [0.29, 0.717) is 49.5 Å². The summed E-state index contributed by atoms with van der Waals surface area (Å²) in [5.74, 6) is -0.0406. The van der Waals surface area contributed by atoms with Crippen molar-refractivity contribution in [1.82, 2.24) is 9.62 Å². The van der Waals surface area contributed by atoms with E-state index in [4.69, 9.17) is 11.6 Å². The molecule has 0 unspecified atom stereocenters. The first kappa shape index (κ1) is 21.8. The van der Waals surface area contributed by atoms with Gasteiger partial charge in [-0.15, -0.1) is 0 Å². The van der Waals surface area contributed by atoms with E-state index in [-0.39, 0.29) is 17.1 Å². The van der Waals surface area contributed by atoms with Gasteiger partial charge in [-0.05, 0) is 37.0 Å². The number of sulfonamides is 1.